The largest absolute Gasteiger partial charge is 0.463 e. The quantitative estimate of drug-likeness (QED) is 0.524. The SMILES string of the molecule is CCOC(=O)/C=C/c1ccc(NC(=O)c2cc3ccc(F)cc3nc2C)cc1. The second-order valence-electron chi connectivity index (χ2n) is 6.12. The Labute approximate surface area is 161 Å². The number of benzene rings is 2. The molecular weight excluding hydrogens is 359 g/mol. The van der Waals surface area contributed by atoms with Crippen molar-refractivity contribution in [1.82, 2.24) is 4.98 Å². The van der Waals surface area contributed by atoms with Crippen LogP contribution in [0.15, 0.2) is 54.6 Å². The van der Waals surface area contributed by atoms with Gasteiger partial charge in [-0.05, 0) is 55.8 Å². The van der Waals surface area contributed by atoms with Crippen molar-refractivity contribution in [3.8, 4) is 0 Å². The van der Waals surface area contributed by atoms with E-state index in [1.807, 2.05) is 0 Å². The van der Waals surface area contributed by atoms with Crippen molar-refractivity contribution in [3.63, 3.8) is 0 Å². The highest BCUT2D eigenvalue weighted by Crippen LogP contribution is 2.19. The third-order valence-corrected chi connectivity index (χ3v) is 4.08. The van der Waals surface area contributed by atoms with E-state index in [1.165, 1.54) is 18.2 Å². The number of aryl methyl sites for hydroxylation is 1. The summed E-state index contributed by atoms with van der Waals surface area (Å²) in [7, 11) is 0. The van der Waals surface area contributed by atoms with Crippen LogP contribution in [0.4, 0.5) is 10.1 Å². The van der Waals surface area contributed by atoms with E-state index in [0.717, 1.165) is 5.56 Å². The van der Waals surface area contributed by atoms with Gasteiger partial charge in [-0.25, -0.2) is 9.18 Å². The molecule has 5 nitrogen and oxygen atoms in total. The van der Waals surface area contributed by atoms with Gasteiger partial charge in [0.1, 0.15) is 5.82 Å². The number of anilines is 1. The lowest BCUT2D eigenvalue weighted by Crippen LogP contribution is -2.14. The average molecular weight is 378 g/mol. The molecule has 0 spiro atoms. The summed E-state index contributed by atoms with van der Waals surface area (Å²) in [5.74, 6) is -1.07. The van der Waals surface area contributed by atoms with Crippen molar-refractivity contribution in [1.29, 1.82) is 0 Å². The number of pyridine rings is 1. The number of rotatable bonds is 5. The third kappa shape index (κ3) is 4.59. The highest BCUT2D eigenvalue weighted by molar-refractivity contribution is 6.06. The number of hydrogen-bond acceptors (Lipinski definition) is 4. The summed E-state index contributed by atoms with van der Waals surface area (Å²) in [5.41, 5.74) is 2.86. The molecule has 3 rings (SSSR count). The Bertz CT molecular complexity index is 1060. The molecular formula is C22H19FN2O3. The van der Waals surface area contributed by atoms with Crippen LogP contribution < -0.4 is 5.32 Å². The Morgan fingerprint density at radius 1 is 1.14 bits per heavy atom. The second-order valence-corrected chi connectivity index (χ2v) is 6.12. The lowest BCUT2D eigenvalue weighted by Gasteiger charge is -2.09. The van der Waals surface area contributed by atoms with Gasteiger partial charge < -0.3 is 10.1 Å². The molecule has 0 radical (unpaired) electrons. The van der Waals surface area contributed by atoms with Crippen molar-refractivity contribution < 1.29 is 18.7 Å². The molecule has 6 heteroatoms. The van der Waals surface area contributed by atoms with Crippen LogP contribution >= 0.6 is 0 Å². The maximum Gasteiger partial charge on any atom is 0.330 e. The van der Waals surface area contributed by atoms with Crippen LogP contribution in [0.25, 0.3) is 17.0 Å². The van der Waals surface area contributed by atoms with E-state index in [4.69, 9.17) is 4.74 Å². The molecule has 1 heterocycles. The van der Waals surface area contributed by atoms with Crippen LogP contribution in [0, 0.1) is 12.7 Å². The number of nitrogens with one attached hydrogen (secondary N) is 1. The minimum atomic E-state index is -0.404. The number of aromatic nitrogens is 1. The number of nitrogens with zero attached hydrogens (tertiary/aromatic N) is 1. The molecule has 0 aliphatic heterocycles. The number of fused-ring (bicyclic) bond motifs is 1. The fraction of sp³-hybridized carbons (Fsp3) is 0.136. The number of ether oxygens (including phenoxy) is 1. The zero-order chi connectivity index (χ0) is 20.1. The van der Waals surface area contributed by atoms with Gasteiger partial charge in [-0.1, -0.05) is 12.1 Å². The molecule has 0 unspecified atom stereocenters. The molecule has 2 aromatic carbocycles. The van der Waals surface area contributed by atoms with Gasteiger partial charge in [0.15, 0.2) is 0 Å². The molecule has 1 N–H and O–H groups in total. The second kappa shape index (κ2) is 8.43. The lowest BCUT2D eigenvalue weighted by atomic mass is 10.1. The monoisotopic (exact) mass is 378 g/mol. The van der Waals surface area contributed by atoms with Gasteiger partial charge in [0.25, 0.3) is 5.91 Å². The molecule has 0 atom stereocenters. The molecule has 142 valence electrons. The number of hydrogen-bond donors (Lipinski definition) is 1. The molecule has 28 heavy (non-hydrogen) atoms. The predicted molar refractivity (Wildman–Crippen MR) is 107 cm³/mol. The maximum atomic E-state index is 13.3. The van der Waals surface area contributed by atoms with E-state index in [0.29, 0.717) is 34.5 Å². The third-order valence-electron chi connectivity index (χ3n) is 4.08. The van der Waals surface area contributed by atoms with Crippen molar-refractivity contribution >= 4 is 34.5 Å². The summed E-state index contributed by atoms with van der Waals surface area (Å²) in [4.78, 5) is 28.3. The summed E-state index contributed by atoms with van der Waals surface area (Å²) < 4.78 is 18.2. The molecule has 1 aromatic heterocycles. The van der Waals surface area contributed by atoms with Crippen LogP contribution in [-0.2, 0) is 9.53 Å². The van der Waals surface area contributed by atoms with Gasteiger partial charge in [-0.3, -0.25) is 9.78 Å². The average Bonchev–Trinajstić information content (AvgIpc) is 2.67. The fourth-order valence-electron chi connectivity index (χ4n) is 2.70. The highest BCUT2D eigenvalue weighted by atomic mass is 19.1. The first-order valence-corrected chi connectivity index (χ1v) is 8.79. The smallest absolute Gasteiger partial charge is 0.330 e. The van der Waals surface area contributed by atoms with Gasteiger partial charge in [0, 0.05) is 23.2 Å². The van der Waals surface area contributed by atoms with E-state index in [2.05, 4.69) is 10.3 Å². The number of amides is 1. The Morgan fingerprint density at radius 2 is 1.89 bits per heavy atom. The fourth-order valence-corrected chi connectivity index (χ4v) is 2.70. The van der Waals surface area contributed by atoms with Gasteiger partial charge in [0.2, 0.25) is 0 Å². The zero-order valence-corrected chi connectivity index (χ0v) is 15.5. The van der Waals surface area contributed by atoms with Crippen molar-refractivity contribution in [3.05, 3.63) is 77.2 Å². The standard InChI is InChI=1S/C22H19FN2O3/c1-3-28-21(26)11-6-15-4-9-18(10-5-15)25-22(27)19-12-16-7-8-17(23)13-20(16)24-14(19)2/h4-13H,3H2,1-2H3,(H,25,27)/b11-6+. The van der Waals surface area contributed by atoms with Crippen LogP contribution in [0.5, 0.6) is 0 Å². The van der Waals surface area contributed by atoms with E-state index in [9.17, 15) is 14.0 Å². The van der Waals surface area contributed by atoms with Gasteiger partial charge in [-0.15, -0.1) is 0 Å². The van der Waals surface area contributed by atoms with Crippen molar-refractivity contribution in [2.45, 2.75) is 13.8 Å². The first kappa shape index (κ1) is 19.2. The van der Waals surface area contributed by atoms with Gasteiger partial charge in [-0.2, -0.15) is 0 Å². The topological polar surface area (TPSA) is 68.3 Å². The van der Waals surface area contributed by atoms with Gasteiger partial charge in [0.05, 0.1) is 23.4 Å². The lowest BCUT2D eigenvalue weighted by molar-refractivity contribution is -0.137. The van der Waals surface area contributed by atoms with E-state index >= 15 is 0 Å². The van der Waals surface area contributed by atoms with Crippen molar-refractivity contribution in [2.75, 3.05) is 11.9 Å². The normalized spacial score (nSPS) is 11.0. The summed E-state index contributed by atoms with van der Waals surface area (Å²) in [6, 6.07) is 13.0. The van der Waals surface area contributed by atoms with Crippen LogP contribution in [0.3, 0.4) is 0 Å². The zero-order valence-electron chi connectivity index (χ0n) is 15.5. The van der Waals surface area contributed by atoms with Gasteiger partial charge >= 0.3 is 5.97 Å². The first-order valence-electron chi connectivity index (χ1n) is 8.79. The molecule has 0 fully saturated rings. The Kier molecular flexibility index (Phi) is 5.79. The molecule has 0 aliphatic carbocycles. The molecule has 0 saturated carbocycles. The molecule has 0 aliphatic rings. The number of carbonyl (C=O) groups is 2. The Balaban J connectivity index is 1.74. The summed E-state index contributed by atoms with van der Waals surface area (Å²) in [5, 5.41) is 3.51. The predicted octanol–water partition coefficient (Wildman–Crippen LogP) is 4.51. The van der Waals surface area contributed by atoms with Crippen LogP contribution in [0.1, 0.15) is 28.5 Å². The molecule has 1 amide bonds. The van der Waals surface area contributed by atoms with Crippen molar-refractivity contribution in [2.24, 2.45) is 0 Å². The minimum absolute atomic E-state index is 0.300. The maximum absolute atomic E-state index is 13.3. The minimum Gasteiger partial charge on any atom is -0.463 e. The van der Waals surface area contributed by atoms with E-state index < -0.39 is 5.97 Å². The van der Waals surface area contributed by atoms with Crippen LogP contribution in [0.2, 0.25) is 0 Å². The Morgan fingerprint density at radius 3 is 2.61 bits per heavy atom. The molecule has 0 bridgehead atoms. The van der Waals surface area contributed by atoms with E-state index in [-0.39, 0.29) is 11.7 Å². The molecule has 3 aromatic rings. The number of halogens is 1. The highest BCUT2D eigenvalue weighted by Gasteiger charge is 2.12. The summed E-state index contributed by atoms with van der Waals surface area (Å²) >= 11 is 0. The molecule has 0 saturated heterocycles. The summed E-state index contributed by atoms with van der Waals surface area (Å²) in [6.45, 7) is 3.78. The number of esters is 1. The van der Waals surface area contributed by atoms with E-state index in [1.54, 1.807) is 56.3 Å². The summed E-state index contributed by atoms with van der Waals surface area (Å²) in [6.07, 6.45) is 2.99. The Hall–Kier alpha value is -3.54. The number of carbonyl (C=O) groups excluding carboxylic acids is 2. The first-order chi connectivity index (χ1) is 13.5. The van der Waals surface area contributed by atoms with Crippen LogP contribution in [-0.4, -0.2) is 23.5 Å².